The highest BCUT2D eigenvalue weighted by molar-refractivity contribution is 5.74. The summed E-state index contributed by atoms with van der Waals surface area (Å²) in [7, 11) is 0. The number of carboxylic acids is 1. The molecule has 0 bridgehead atoms. The average Bonchev–Trinajstić information content (AvgIpc) is 2.24. The third-order valence-corrected chi connectivity index (χ3v) is 2.11. The van der Waals surface area contributed by atoms with Gasteiger partial charge in [-0.3, -0.25) is 4.79 Å². The van der Waals surface area contributed by atoms with E-state index in [0.717, 1.165) is 0 Å². The third-order valence-electron chi connectivity index (χ3n) is 2.11. The Labute approximate surface area is 96.1 Å². The van der Waals surface area contributed by atoms with Crippen molar-refractivity contribution in [3.63, 3.8) is 0 Å². The van der Waals surface area contributed by atoms with E-state index in [2.05, 4.69) is 11.9 Å². The van der Waals surface area contributed by atoms with E-state index in [9.17, 15) is 9.59 Å². The van der Waals surface area contributed by atoms with Crippen LogP contribution in [0.25, 0.3) is 0 Å². The number of rotatable bonds is 8. The van der Waals surface area contributed by atoms with Crippen LogP contribution >= 0.6 is 0 Å². The van der Waals surface area contributed by atoms with Crippen LogP contribution in [0, 0.1) is 0 Å². The predicted octanol–water partition coefficient (Wildman–Crippen LogP) is 1.46. The summed E-state index contributed by atoms with van der Waals surface area (Å²) in [5.41, 5.74) is 0. The van der Waals surface area contributed by atoms with Crippen molar-refractivity contribution in [3.05, 3.63) is 12.7 Å². The van der Waals surface area contributed by atoms with Gasteiger partial charge in [-0.15, -0.1) is 6.58 Å². The molecule has 0 saturated heterocycles. The van der Waals surface area contributed by atoms with Crippen LogP contribution in [0.2, 0.25) is 0 Å². The molecule has 2 amide bonds. The molecule has 0 fully saturated rings. The first-order valence-corrected chi connectivity index (χ1v) is 5.47. The van der Waals surface area contributed by atoms with Gasteiger partial charge in [0.25, 0.3) is 0 Å². The number of hydrogen-bond acceptors (Lipinski definition) is 2. The Balaban J connectivity index is 3.62. The van der Waals surface area contributed by atoms with E-state index < -0.39 is 5.97 Å². The van der Waals surface area contributed by atoms with Crippen molar-refractivity contribution < 1.29 is 14.7 Å². The molecule has 0 aliphatic heterocycles. The molecule has 0 aliphatic carbocycles. The van der Waals surface area contributed by atoms with Gasteiger partial charge in [0.15, 0.2) is 0 Å². The van der Waals surface area contributed by atoms with Crippen molar-refractivity contribution in [2.45, 2.75) is 26.2 Å². The van der Waals surface area contributed by atoms with Crippen molar-refractivity contribution in [1.82, 2.24) is 10.2 Å². The number of urea groups is 1. The van der Waals surface area contributed by atoms with Gasteiger partial charge in [0.05, 0.1) is 0 Å². The molecule has 5 heteroatoms. The zero-order valence-electron chi connectivity index (χ0n) is 9.74. The molecule has 0 spiro atoms. The molecule has 16 heavy (non-hydrogen) atoms. The van der Waals surface area contributed by atoms with Crippen molar-refractivity contribution in [2.24, 2.45) is 0 Å². The lowest BCUT2D eigenvalue weighted by molar-refractivity contribution is -0.137. The zero-order valence-corrected chi connectivity index (χ0v) is 9.74. The lowest BCUT2D eigenvalue weighted by Crippen LogP contribution is -2.40. The van der Waals surface area contributed by atoms with Gasteiger partial charge < -0.3 is 15.3 Å². The predicted molar refractivity (Wildman–Crippen MR) is 62.3 cm³/mol. The van der Waals surface area contributed by atoms with E-state index >= 15 is 0 Å². The van der Waals surface area contributed by atoms with Crippen LogP contribution in [0.3, 0.4) is 0 Å². The van der Waals surface area contributed by atoms with Gasteiger partial charge in [-0.2, -0.15) is 0 Å². The minimum absolute atomic E-state index is 0.127. The third kappa shape index (κ3) is 6.86. The molecule has 0 aromatic carbocycles. The van der Waals surface area contributed by atoms with Gasteiger partial charge in [-0.25, -0.2) is 4.79 Å². The van der Waals surface area contributed by atoms with Gasteiger partial charge in [-0.05, 0) is 19.8 Å². The van der Waals surface area contributed by atoms with Gasteiger partial charge in [0, 0.05) is 26.1 Å². The summed E-state index contributed by atoms with van der Waals surface area (Å²) in [6.07, 6.45) is 3.10. The van der Waals surface area contributed by atoms with E-state index in [1.807, 2.05) is 6.92 Å². The van der Waals surface area contributed by atoms with Crippen molar-refractivity contribution in [1.29, 1.82) is 0 Å². The lowest BCUT2D eigenvalue weighted by atomic mass is 10.2. The highest BCUT2D eigenvalue weighted by atomic mass is 16.4. The quantitative estimate of drug-likeness (QED) is 0.488. The Bertz CT molecular complexity index is 241. The number of hydrogen-bond donors (Lipinski definition) is 2. The second-order valence-corrected chi connectivity index (χ2v) is 3.41. The van der Waals surface area contributed by atoms with Crippen LogP contribution in [0.4, 0.5) is 4.79 Å². The van der Waals surface area contributed by atoms with Crippen LogP contribution in [0.5, 0.6) is 0 Å². The van der Waals surface area contributed by atoms with Crippen LogP contribution in [-0.2, 0) is 4.79 Å². The van der Waals surface area contributed by atoms with Crippen molar-refractivity contribution in [3.8, 4) is 0 Å². The number of likely N-dealkylation sites (N-methyl/N-ethyl adjacent to an activating group) is 1. The van der Waals surface area contributed by atoms with Crippen molar-refractivity contribution >= 4 is 12.0 Å². The van der Waals surface area contributed by atoms with E-state index in [1.165, 1.54) is 0 Å². The summed E-state index contributed by atoms with van der Waals surface area (Å²) in [6, 6.07) is -0.127. The number of unbranched alkanes of at least 4 members (excludes halogenated alkanes) is 1. The molecule has 0 radical (unpaired) electrons. The molecule has 0 aromatic rings. The summed E-state index contributed by atoms with van der Waals surface area (Å²) >= 11 is 0. The molecule has 5 nitrogen and oxygen atoms in total. The maximum absolute atomic E-state index is 11.5. The van der Waals surface area contributed by atoms with Crippen LogP contribution < -0.4 is 5.32 Å². The summed E-state index contributed by atoms with van der Waals surface area (Å²) in [4.78, 5) is 23.4. The largest absolute Gasteiger partial charge is 0.481 e. The second kappa shape index (κ2) is 8.76. The fraction of sp³-hybridized carbons (Fsp3) is 0.636. The SMILES string of the molecule is C=CCN(CC)C(=O)NCCCCC(=O)O. The van der Waals surface area contributed by atoms with E-state index in [1.54, 1.807) is 11.0 Å². The monoisotopic (exact) mass is 228 g/mol. The van der Waals surface area contributed by atoms with E-state index in [4.69, 9.17) is 5.11 Å². The molecular weight excluding hydrogens is 208 g/mol. The lowest BCUT2D eigenvalue weighted by Gasteiger charge is -2.19. The summed E-state index contributed by atoms with van der Waals surface area (Å²) in [5.74, 6) is -0.798. The first-order chi connectivity index (χ1) is 7.61. The molecule has 2 N–H and O–H groups in total. The van der Waals surface area contributed by atoms with Gasteiger partial charge >= 0.3 is 12.0 Å². The number of carboxylic acid groups (broad SMARTS) is 1. The number of carbonyl (C=O) groups is 2. The number of nitrogens with zero attached hydrogens (tertiary/aromatic N) is 1. The maximum atomic E-state index is 11.5. The van der Waals surface area contributed by atoms with E-state index in [0.29, 0.717) is 32.5 Å². The zero-order chi connectivity index (χ0) is 12.4. The Morgan fingerprint density at radius 1 is 1.44 bits per heavy atom. The van der Waals surface area contributed by atoms with Gasteiger partial charge in [0.2, 0.25) is 0 Å². The normalized spacial score (nSPS) is 9.56. The minimum Gasteiger partial charge on any atom is -0.481 e. The van der Waals surface area contributed by atoms with Crippen molar-refractivity contribution in [2.75, 3.05) is 19.6 Å². The molecule has 0 aliphatic rings. The van der Waals surface area contributed by atoms with Crippen LogP contribution in [0.1, 0.15) is 26.2 Å². The molecule has 0 saturated carbocycles. The molecule has 92 valence electrons. The molecule has 0 heterocycles. The Morgan fingerprint density at radius 3 is 2.62 bits per heavy atom. The Hall–Kier alpha value is -1.52. The summed E-state index contributed by atoms with van der Waals surface area (Å²) in [6.45, 7) is 7.14. The molecule has 0 atom stereocenters. The van der Waals surface area contributed by atoms with Gasteiger partial charge in [-0.1, -0.05) is 6.08 Å². The van der Waals surface area contributed by atoms with Gasteiger partial charge in [0.1, 0.15) is 0 Å². The maximum Gasteiger partial charge on any atom is 0.317 e. The molecule has 0 aromatic heterocycles. The number of nitrogens with one attached hydrogen (secondary N) is 1. The number of aliphatic carboxylic acids is 1. The highest BCUT2D eigenvalue weighted by Crippen LogP contribution is 1.95. The minimum atomic E-state index is -0.798. The topological polar surface area (TPSA) is 69.6 Å². The Morgan fingerprint density at radius 2 is 2.12 bits per heavy atom. The second-order valence-electron chi connectivity index (χ2n) is 3.41. The van der Waals surface area contributed by atoms with Crippen LogP contribution in [-0.4, -0.2) is 41.6 Å². The first-order valence-electron chi connectivity index (χ1n) is 5.47. The Kier molecular flexibility index (Phi) is 7.93. The van der Waals surface area contributed by atoms with Crippen LogP contribution in [0.15, 0.2) is 12.7 Å². The highest BCUT2D eigenvalue weighted by Gasteiger charge is 2.08. The smallest absolute Gasteiger partial charge is 0.317 e. The molecule has 0 unspecified atom stereocenters. The number of amides is 2. The average molecular weight is 228 g/mol. The fourth-order valence-electron chi connectivity index (χ4n) is 1.22. The summed E-state index contributed by atoms with van der Waals surface area (Å²) < 4.78 is 0. The van der Waals surface area contributed by atoms with E-state index in [-0.39, 0.29) is 12.5 Å². The summed E-state index contributed by atoms with van der Waals surface area (Å²) in [5, 5.41) is 11.2. The first kappa shape index (κ1) is 14.5. The molecule has 0 rings (SSSR count). The molecular formula is C11H20N2O3. The fourth-order valence-corrected chi connectivity index (χ4v) is 1.22. The number of carbonyl (C=O) groups excluding carboxylic acids is 1. The standard InChI is InChI=1S/C11H20N2O3/c1-3-9-13(4-2)11(16)12-8-6-5-7-10(14)15/h3H,1,4-9H2,2H3,(H,12,16)(H,14,15).